The number of carbonyl (C=O) groups is 2. The highest BCUT2D eigenvalue weighted by molar-refractivity contribution is 7.99. The Morgan fingerprint density at radius 2 is 1.90 bits per heavy atom. The zero-order chi connectivity index (χ0) is 21.3. The highest BCUT2D eigenvalue weighted by Crippen LogP contribution is 2.19. The summed E-state index contributed by atoms with van der Waals surface area (Å²) in [5, 5.41) is 17.6. The maximum absolute atomic E-state index is 12.8. The van der Waals surface area contributed by atoms with Crippen molar-refractivity contribution in [3.8, 4) is 0 Å². The topological polar surface area (TPSA) is 102 Å². The van der Waals surface area contributed by atoms with E-state index >= 15 is 0 Å². The molecule has 1 unspecified atom stereocenters. The van der Waals surface area contributed by atoms with Crippen molar-refractivity contribution in [3.63, 3.8) is 0 Å². The van der Waals surface area contributed by atoms with Gasteiger partial charge in [0.05, 0.1) is 29.6 Å². The van der Waals surface area contributed by atoms with Crippen molar-refractivity contribution in [1.29, 1.82) is 0 Å². The normalized spacial score (nSPS) is 11.5. The molecule has 0 bridgehead atoms. The number of thioether (sulfide) groups is 1. The maximum atomic E-state index is 12.8. The number of nitrogens with zero attached hydrogens (tertiary/aromatic N) is 4. The Balaban J connectivity index is 1.63. The molecule has 1 heterocycles. The third-order valence-corrected chi connectivity index (χ3v) is 5.18. The number of carbonyl (C=O) groups excluding carboxylic acids is 2. The van der Waals surface area contributed by atoms with Gasteiger partial charge >= 0.3 is 0 Å². The average Bonchev–Trinajstić information content (AvgIpc) is 3.20. The van der Waals surface area contributed by atoms with Crippen molar-refractivity contribution in [3.05, 3.63) is 78.4 Å². The Hall–Kier alpha value is -3.46. The number of para-hydroxylation sites is 1. The smallest absolute Gasteiger partial charge is 0.253 e. The van der Waals surface area contributed by atoms with Crippen molar-refractivity contribution in [2.75, 3.05) is 11.1 Å². The largest absolute Gasteiger partial charge is 0.345 e. The molecule has 0 aliphatic heterocycles. The number of anilines is 1. The average molecular weight is 423 g/mol. The molecule has 1 atom stereocenters. The lowest BCUT2D eigenvalue weighted by Crippen LogP contribution is -2.28. The second-order valence-electron chi connectivity index (χ2n) is 6.42. The fourth-order valence-electron chi connectivity index (χ4n) is 2.74. The minimum Gasteiger partial charge on any atom is -0.345 e. The number of aromatic nitrogens is 4. The van der Waals surface area contributed by atoms with E-state index in [1.165, 1.54) is 11.8 Å². The number of hydrogen-bond donors (Lipinski definition) is 2. The molecule has 3 rings (SSSR count). The summed E-state index contributed by atoms with van der Waals surface area (Å²) in [4.78, 5) is 25.2. The lowest BCUT2D eigenvalue weighted by atomic mass is 10.1. The third-order valence-electron chi connectivity index (χ3n) is 4.23. The molecule has 2 amide bonds. The van der Waals surface area contributed by atoms with Crippen LogP contribution in [0.3, 0.4) is 0 Å². The molecule has 0 fully saturated rings. The fraction of sp³-hybridized carbons (Fsp3) is 0.190. The first-order chi connectivity index (χ1) is 14.6. The van der Waals surface area contributed by atoms with Crippen LogP contribution in [0.2, 0.25) is 0 Å². The van der Waals surface area contributed by atoms with Crippen molar-refractivity contribution in [2.24, 2.45) is 0 Å². The SMILES string of the molecule is C=CCn1nnnc1SCC(=O)Nc1ccccc1C(=O)NC(C)c1ccccc1. The van der Waals surface area contributed by atoms with Gasteiger partial charge in [-0.3, -0.25) is 9.59 Å². The van der Waals surface area contributed by atoms with Gasteiger partial charge in [0, 0.05) is 0 Å². The molecular weight excluding hydrogens is 400 g/mol. The van der Waals surface area contributed by atoms with E-state index in [4.69, 9.17) is 0 Å². The third kappa shape index (κ3) is 5.54. The van der Waals surface area contributed by atoms with Gasteiger partial charge in [0.25, 0.3) is 5.91 Å². The van der Waals surface area contributed by atoms with E-state index in [2.05, 4.69) is 32.7 Å². The van der Waals surface area contributed by atoms with E-state index in [9.17, 15) is 9.59 Å². The Bertz CT molecular complexity index is 1020. The van der Waals surface area contributed by atoms with Gasteiger partial charge in [-0.1, -0.05) is 60.3 Å². The lowest BCUT2D eigenvalue weighted by molar-refractivity contribution is -0.113. The Morgan fingerprint density at radius 3 is 2.67 bits per heavy atom. The molecule has 0 aliphatic carbocycles. The summed E-state index contributed by atoms with van der Waals surface area (Å²) in [6.45, 7) is 6.02. The summed E-state index contributed by atoms with van der Waals surface area (Å²) >= 11 is 1.21. The second kappa shape index (κ2) is 10.4. The molecule has 2 aromatic carbocycles. The molecule has 2 N–H and O–H groups in total. The van der Waals surface area contributed by atoms with Crippen LogP contribution >= 0.6 is 11.8 Å². The van der Waals surface area contributed by atoms with Gasteiger partial charge in [0.2, 0.25) is 11.1 Å². The first-order valence-electron chi connectivity index (χ1n) is 9.33. The summed E-state index contributed by atoms with van der Waals surface area (Å²) < 4.78 is 1.55. The highest BCUT2D eigenvalue weighted by Gasteiger charge is 2.16. The quantitative estimate of drug-likeness (QED) is 0.406. The van der Waals surface area contributed by atoms with Crippen LogP contribution in [0, 0.1) is 0 Å². The van der Waals surface area contributed by atoms with Crippen molar-refractivity contribution < 1.29 is 9.59 Å². The zero-order valence-corrected chi connectivity index (χ0v) is 17.3. The van der Waals surface area contributed by atoms with E-state index in [0.29, 0.717) is 23.0 Å². The van der Waals surface area contributed by atoms with Crippen LogP contribution in [0.1, 0.15) is 28.9 Å². The van der Waals surface area contributed by atoms with Crippen LogP contribution in [0.4, 0.5) is 5.69 Å². The molecule has 0 radical (unpaired) electrons. The molecule has 0 saturated heterocycles. The monoisotopic (exact) mass is 422 g/mol. The first-order valence-corrected chi connectivity index (χ1v) is 10.3. The van der Waals surface area contributed by atoms with Gasteiger partial charge in [0.15, 0.2) is 0 Å². The molecule has 154 valence electrons. The Morgan fingerprint density at radius 1 is 1.17 bits per heavy atom. The van der Waals surface area contributed by atoms with Crippen molar-refractivity contribution in [1.82, 2.24) is 25.5 Å². The molecule has 3 aromatic rings. The summed E-state index contributed by atoms with van der Waals surface area (Å²) in [6.07, 6.45) is 1.67. The van der Waals surface area contributed by atoms with Crippen LogP contribution in [-0.4, -0.2) is 37.8 Å². The second-order valence-corrected chi connectivity index (χ2v) is 7.36. The summed E-state index contributed by atoms with van der Waals surface area (Å²) in [7, 11) is 0. The Labute approximate surface area is 178 Å². The van der Waals surface area contributed by atoms with Crippen LogP contribution in [-0.2, 0) is 11.3 Å². The molecule has 0 aliphatic rings. The van der Waals surface area contributed by atoms with Crippen LogP contribution < -0.4 is 10.6 Å². The van der Waals surface area contributed by atoms with Gasteiger partial charge < -0.3 is 10.6 Å². The number of rotatable bonds is 9. The van der Waals surface area contributed by atoms with Gasteiger partial charge in [-0.05, 0) is 35.0 Å². The molecule has 1 aromatic heterocycles. The number of amides is 2. The molecule has 0 saturated carbocycles. The number of tetrazole rings is 1. The van der Waals surface area contributed by atoms with Gasteiger partial charge in [-0.25, -0.2) is 4.68 Å². The van der Waals surface area contributed by atoms with Crippen LogP contribution in [0.5, 0.6) is 0 Å². The van der Waals surface area contributed by atoms with Gasteiger partial charge in [-0.2, -0.15) is 0 Å². The van der Waals surface area contributed by atoms with E-state index in [0.717, 1.165) is 5.56 Å². The molecular formula is C21H22N6O2S. The van der Waals surface area contributed by atoms with Crippen molar-refractivity contribution >= 4 is 29.3 Å². The summed E-state index contributed by atoms with van der Waals surface area (Å²) in [6, 6.07) is 16.4. The van der Waals surface area contributed by atoms with Crippen molar-refractivity contribution in [2.45, 2.75) is 24.7 Å². The Kier molecular flexibility index (Phi) is 7.34. The molecule has 9 heteroatoms. The number of nitrogens with one attached hydrogen (secondary N) is 2. The van der Waals surface area contributed by atoms with Gasteiger partial charge in [-0.15, -0.1) is 11.7 Å². The first kappa shape index (κ1) is 21.3. The highest BCUT2D eigenvalue weighted by atomic mass is 32.2. The summed E-state index contributed by atoms with van der Waals surface area (Å²) in [5.74, 6) is -0.414. The fourth-order valence-corrected chi connectivity index (χ4v) is 3.43. The minimum absolute atomic E-state index is 0.105. The van der Waals surface area contributed by atoms with E-state index in [1.54, 1.807) is 35.0 Å². The number of hydrogen-bond acceptors (Lipinski definition) is 6. The van der Waals surface area contributed by atoms with E-state index < -0.39 is 0 Å². The van der Waals surface area contributed by atoms with E-state index in [1.807, 2.05) is 37.3 Å². The predicted molar refractivity (Wildman–Crippen MR) is 116 cm³/mol. The van der Waals surface area contributed by atoms with Gasteiger partial charge in [0.1, 0.15) is 0 Å². The summed E-state index contributed by atoms with van der Waals surface area (Å²) in [5.41, 5.74) is 1.85. The van der Waals surface area contributed by atoms with Crippen LogP contribution in [0.15, 0.2) is 72.4 Å². The maximum Gasteiger partial charge on any atom is 0.253 e. The predicted octanol–water partition coefficient (Wildman–Crippen LogP) is 3.08. The molecule has 8 nitrogen and oxygen atoms in total. The molecule has 30 heavy (non-hydrogen) atoms. The van der Waals surface area contributed by atoms with E-state index in [-0.39, 0.29) is 23.6 Å². The minimum atomic E-state index is -0.260. The van der Waals surface area contributed by atoms with Crippen LogP contribution in [0.25, 0.3) is 0 Å². The standard InChI is InChI=1S/C21H22N6O2S/c1-3-13-27-21(24-25-26-27)30-14-19(28)23-18-12-8-7-11-17(18)20(29)22-15(2)16-9-5-4-6-10-16/h3-12,15H,1,13-14H2,2H3,(H,22,29)(H,23,28). The zero-order valence-electron chi connectivity index (χ0n) is 16.5. The number of benzene rings is 2. The lowest BCUT2D eigenvalue weighted by Gasteiger charge is -2.16. The number of allylic oxidation sites excluding steroid dienone is 1. The molecule has 0 spiro atoms.